The minimum absolute atomic E-state index is 0.244. The van der Waals surface area contributed by atoms with Crippen molar-refractivity contribution in [1.29, 1.82) is 0 Å². The van der Waals surface area contributed by atoms with Crippen LogP contribution in [0.4, 0.5) is 8.78 Å². The van der Waals surface area contributed by atoms with Crippen LogP contribution >= 0.6 is 0 Å². The SMILES string of the molecule is Cc1ccc(OCC(F)F)c(C=CC(=O)O)c1. The lowest BCUT2D eigenvalue weighted by Crippen LogP contribution is -2.07. The van der Waals surface area contributed by atoms with E-state index in [4.69, 9.17) is 9.84 Å². The van der Waals surface area contributed by atoms with Crippen molar-refractivity contribution in [3.05, 3.63) is 35.4 Å². The molecule has 0 heterocycles. The molecule has 5 heteroatoms. The number of rotatable bonds is 5. The van der Waals surface area contributed by atoms with Gasteiger partial charge in [-0.3, -0.25) is 0 Å². The van der Waals surface area contributed by atoms with Crippen molar-refractivity contribution in [2.24, 2.45) is 0 Å². The number of aliphatic carboxylic acids is 1. The predicted octanol–water partition coefficient (Wildman–Crippen LogP) is 2.74. The zero-order chi connectivity index (χ0) is 12.8. The molecular weight excluding hydrogens is 230 g/mol. The lowest BCUT2D eigenvalue weighted by molar-refractivity contribution is -0.131. The van der Waals surface area contributed by atoms with Crippen LogP contribution < -0.4 is 4.74 Å². The largest absolute Gasteiger partial charge is 0.487 e. The summed E-state index contributed by atoms with van der Waals surface area (Å²) in [5.41, 5.74) is 1.35. The van der Waals surface area contributed by atoms with E-state index in [1.807, 2.05) is 6.92 Å². The summed E-state index contributed by atoms with van der Waals surface area (Å²) in [6.07, 6.45) is -0.312. The van der Waals surface area contributed by atoms with Gasteiger partial charge < -0.3 is 9.84 Å². The zero-order valence-corrected chi connectivity index (χ0v) is 9.19. The maximum Gasteiger partial charge on any atom is 0.328 e. The normalized spacial score (nSPS) is 11.1. The summed E-state index contributed by atoms with van der Waals surface area (Å²) in [5, 5.41) is 8.51. The van der Waals surface area contributed by atoms with Gasteiger partial charge in [0.05, 0.1) is 0 Å². The quantitative estimate of drug-likeness (QED) is 0.807. The van der Waals surface area contributed by atoms with E-state index >= 15 is 0 Å². The van der Waals surface area contributed by atoms with Crippen LogP contribution in [0.25, 0.3) is 6.08 Å². The minimum Gasteiger partial charge on any atom is -0.487 e. The molecular formula is C12H12F2O3. The van der Waals surface area contributed by atoms with Gasteiger partial charge in [-0.25, -0.2) is 13.6 Å². The Labute approximate surface area is 97.3 Å². The van der Waals surface area contributed by atoms with Crippen LogP contribution in [0.5, 0.6) is 5.75 Å². The molecule has 0 aliphatic heterocycles. The zero-order valence-electron chi connectivity index (χ0n) is 9.19. The molecule has 1 aromatic rings. The number of benzene rings is 1. The van der Waals surface area contributed by atoms with Crippen molar-refractivity contribution < 1.29 is 23.4 Å². The maximum atomic E-state index is 12.0. The highest BCUT2D eigenvalue weighted by molar-refractivity contribution is 5.85. The van der Waals surface area contributed by atoms with Crippen LogP contribution in [0.15, 0.2) is 24.3 Å². The smallest absolute Gasteiger partial charge is 0.328 e. The molecule has 0 spiro atoms. The van der Waals surface area contributed by atoms with Crippen LogP contribution in [0.2, 0.25) is 0 Å². The van der Waals surface area contributed by atoms with E-state index in [0.29, 0.717) is 5.56 Å². The number of hydrogen-bond donors (Lipinski definition) is 1. The Morgan fingerprint density at radius 3 is 2.82 bits per heavy atom. The summed E-state index contributed by atoms with van der Waals surface area (Å²) < 4.78 is 28.9. The van der Waals surface area contributed by atoms with Crippen molar-refractivity contribution >= 4 is 12.0 Å². The highest BCUT2D eigenvalue weighted by Gasteiger charge is 2.06. The standard InChI is InChI=1S/C12H12F2O3/c1-8-2-4-10(17-7-11(13)14)9(6-8)3-5-12(15)16/h2-6,11H,7H2,1H3,(H,15,16). The molecule has 0 aliphatic carbocycles. The highest BCUT2D eigenvalue weighted by atomic mass is 19.3. The molecule has 0 aromatic heterocycles. The Hall–Kier alpha value is -1.91. The highest BCUT2D eigenvalue weighted by Crippen LogP contribution is 2.22. The van der Waals surface area contributed by atoms with Crippen LogP contribution in [0.3, 0.4) is 0 Å². The van der Waals surface area contributed by atoms with E-state index < -0.39 is 19.0 Å². The average Bonchev–Trinajstić information content (AvgIpc) is 2.24. The molecule has 1 N–H and O–H groups in total. The lowest BCUT2D eigenvalue weighted by atomic mass is 10.1. The Morgan fingerprint density at radius 1 is 1.53 bits per heavy atom. The second-order valence-electron chi connectivity index (χ2n) is 3.41. The molecule has 0 bridgehead atoms. The molecule has 0 unspecified atom stereocenters. The molecule has 0 atom stereocenters. The molecule has 1 rings (SSSR count). The first-order valence-electron chi connectivity index (χ1n) is 4.91. The van der Waals surface area contributed by atoms with E-state index in [1.165, 1.54) is 6.08 Å². The number of carboxylic acids is 1. The van der Waals surface area contributed by atoms with E-state index in [-0.39, 0.29) is 5.75 Å². The van der Waals surface area contributed by atoms with Gasteiger partial charge in [0.2, 0.25) is 0 Å². The Bertz CT molecular complexity index is 428. The van der Waals surface area contributed by atoms with Gasteiger partial charge in [-0.05, 0) is 25.1 Å². The fourth-order valence-corrected chi connectivity index (χ4v) is 1.24. The fourth-order valence-electron chi connectivity index (χ4n) is 1.24. The molecule has 0 fully saturated rings. The Balaban J connectivity index is 2.91. The number of carboxylic acid groups (broad SMARTS) is 1. The maximum absolute atomic E-state index is 12.0. The summed E-state index contributed by atoms with van der Waals surface area (Å²) in [7, 11) is 0. The molecule has 0 saturated carbocycles. The molecule has 92 valence electrons. The van der Waals surface area contributed by atoms with Crippen molar-refractivity contribution in [2.75, 3.05) is 6.61 Å². The molecule has 0 radical (unpaired) electrons. The number of carbonyl (C=O) groups is 1. The average molecular weight is 242 g/mol. The monoisotopic (exact) mass is 242 g/mol. The lowest BCUT2D eigenvalue weighted by Gasteiger charge is -2.09. The van der Waals surface area contributed by atoms with Gasteiger partial charge in [0.25, 0.3) is 6.43 Å². The first kappa shape index (κ1) is 13.2. The van der Waals surface area contributed by atoms with E-state index in [9.17, 15) is 13.6 Å². The van der Waals surface area contributed by atoms with Crippen LogP contribution in [0, 0.1) is 6.92 Å². The van der Waals surface area contributed by atoms with Gasteiger partial charge in [-0.15, -0.1) is 0 Å². The number of alkyl halides is 2. The van der Waals surface area contributed by atoms with Gasteiger partial charge in [-0.2, -0.15) is 0 Å². The summed E-state index contributed by atoms with van der Waals surface area (Å²) in [6, 6.07) is 4.92. The summed E-state index contributed by atoms with van der Waals surface area (Å²) in [4.78, 5) is 10.4. The van der Waals surface area contributed by atoms with Crippen LogP contribution in [-0.4, -0.2) is 24.1 Å². The van der Waals surface area contributed by atoms with Gasteiger partial charge in [0.15, 0.2) is 0 Å². The number of hydrogen-bond acceptors (Lipinski definition) is 2. The van der Waals surface area contributed by atoms with Gasteiger partial charge in [0, 0.05) is 11.6 Å². The van der Waals surface area contributed by atoms with E-state index in [0.717, 1.165) is 11.6 Å². The van der Waals surface area contributed by atoms with Gasteiger partial charge in [0.1, 0.15) is 12.4 Å². The Morgan fingerprint density at radius 2 is 2.24 bits per heavy atom. The first-order valence-corrected chi connectivity index (χ1v) is 4.91. The summed E-state index contributed by atoms with van der Waals surface area (Å²) >= 11 is 0. The number of ether oxygens (including phenoxy) is 1. The number of aryl methyl sites for hydroxylation is 1. The molecule has 0 amide bonds. The third kappa shape index (κ3) is 4.63. The fraction of sp³-hybridized carbons (Fsp3) is 0.250. The number of halogens is 2. The van der Waals surface area contributed by atoms with Crippen molar-refractivity contribution in [2.45, 2.75) is 13.3 Å². The predicted molar refractivity (Wildman–Crippen MR) is 59.3 cm³/mol. The van der Waals surface area contributed by atoms with Crippen molar-refractivity contribution in [3.8, 4) is 5.75 Å². The van der Waals surface area contributed by atoms with E-state index in [2.05, 4.69) is 0 Å². The molecule has 1 aromatic carbocycles. The van der Waals surface area contributed by atoms with Crippen LogP contribution in [-0.2, 0) is 4.79 Å². The first-order chi connectivity index (χ1) is 7.99. The minimum atomic E-state index is -2.56. The second kappa shape index (κ2) is 5.98. The van der Waals surface area contributed by atoms with E-state index in [1.54, 1.807) is 18.2 Å². The Kier molecular flexibility index (Phi) is 4.63. The third-order valence-electron chi connectivity index (χ3n) is 1.94. The van der Waals surface area contributed by atoms with Crippen molar-refractivity contribution in [1.82, 2.24) is 0 Å². The molecule has 3 nitrogen and oxygen atoms in total. The van der Waals surface area contributed by atoms with Crippen LogP contribution in [0.1, 0.15) is 11.1 Å². The molecule has 17 heavy (non-hydrogen) atoms. The molecule has 0 aliphatic rings. The second-order valence-corrected chi connectivity index (χ2v) is 3.41. The summed E-state index contributed by atoms with van der Waals surface area (Å²) in [5.74, 6) is -0.861. The summed E-state index contributed by atoms with van der Waals surface area (Å²) in [6.45, 7) is 1.10. The van der Waals surface area contributed by atoms with Gasteiger partial charge >= 0.3 is 5.97 Å². The van der Waals surface area contributed by atoms with Crippen molar-refractivity contribution in [3.63, 3.8) is 0 Å². The molecule has 0 saturated heterocycles. The topological polar surface area (TPSA) is 46.5 Å². The van der Waals surface area contributed by atoms with Gasteiger partial charge in [-0.1, -0.05) is 11.6 Å². The third-order valence-corrected chi connectivity index (χ3v) is 1.94.